The lowest BCUT2D eigenvalue weighted by atomic mass is 10.5. The molecule has 0 aromatic carbocycles. The van der Waals surface area contributed by atoms with E-state index in [-0.39, 0.29) is 0 Å². The Balaban J connectivity index is 2.26. The highest BCUT2D eigenvalue weighted by atomic mass is 32.2. The van der Waals surface area contributed by atoms with Gasteiger partial charge in [-0.05, 0) is 30.2 Å². The Labute approximate surface area is 120 Å². The van der Waals surface area contributed by atoms with E-state index in [9.17, 15) is 0 Å². The van der Waals surface area contributed by atoms with Gasteiger partial charge in [0.25, 0.3) is 0 Å². The lowest BCUT2D eigenvalue weighted by molar-refractivity contribution is 0.400. The zero-order valence-electron chi connectivity index (χ0n) is 11.0. The van der Waals surface area contributed by atoms with Crippen LogP contribution in [0.25, 0.3) is 0 Å². The van der Waals surface area contributed by atoms with Crippen LogP contribution in [0.2, 0.25) is 0 Å². The molecule has 2 aromatic heterocycles. The van der Waals surface area contributed by atoms with Crippen molar-refractivity contribution in [2.45, 2.75) is 29.6 Å². The van der Waals surface area contributed by atoms with Crippen LogP contribution >= 0.6 is 23.3 Å². The summed E-state index contributed by atoms with van der Waals surface area (Å²) >= 11 is 2.82. The first kappa shape index (κ1) is 14.0. The van der Waals surface area contributed by atoms with E-state index in [4.69, 9.17) is 4.74 Å². The lowest BCUT2D eigenvalue weighted by Gasteiger charge is -2.10. The molecule has 0 bridgehead atoms. The fourth-order valence-electron chi connectivity index (χ4n) is 1.41. The molecule has 0 spiro atoms. The number of ether oxygens (including phenoxy) is 1. The first-order chi connectivity index (χ1) is 9.28. The molecule has 0 aliphatic carbocycles. The Morgan fingerprint density at radius 1 is 1.37 bits per heavy atom. The lowest BCUT2D eigenvalue weighted by Crippen LogP contribution is -2.03. The van der Waals surface area contributed by atoms with Gasteiger partial charge in [0, 0.05) is 13.0 Å². The summed E-state index contributed by atoms with van der Waals surface area (Å²) in [6.07, 6.45) is 2.35. The van der Waals surface area contributed by atoms with E-state index in [1.54, 1.807) is 7.11 Å². The Morgan fingerprint density at radius 3 is 2.84 bits per heavy atom. The second-order valence-electron chi connectivity index (χ2n) is 3.52. The second kappa shape index (κ2) is 6.67. The molecule has 0 aliphatic heterocycles. The number of hydrogen-bond donors (Lipinski definition) is 1. The smallest absolute Gasteiger partial charge is 0.194 e. The highest BCUT2D eigenvalue weighted by Gasteiger charge is 2.15. The van der Waals surface area contributed by atoms with Crippen LogP contribution in [0.4, 0.5) is 5.82 Å². The van der Waals surface area contributed by atoms with E-state index in [0.29, 0.717) is 11.6 Å². The van der Waals surface area contributed by atoms with Crippen molar-refractivity contribution in [3.8, 4) is 5.75 Å². The molecule has 0 amide bonds. The summed E-state index contributed by atoms with van der Waals surface area (Å²) in [7, 11) is 1.61. The molecule has 102 valence electrons. The molecule has 0 atom stereocenters. The van der Waals surface area contributed by atoms with Crippen LogP contribution in [0.15, 0.2) is 15.7 Å². The van der Waals surface area contributed by atoms with Gasteiger partial charge in [-0.1, -0.05) is 6.92 Å². The predicted molar refractivity (Wildman–Crippen MR) is 76.2 cm³/mol. The van der Waals surface area contributed by atoms with Gasteiger partial charge < -0.3 is 10.1 Å². The minimum absolute atomic E-state index is 0.641. The molecule has 0 radical (unpaired) electrons. The minimum atomic E-state index is 0.641. The summed E-state index contributed by atoms with van der Waals surface area (Å²) in [6, 6.07) is 0. The molecule has 19 heavy (non-hydrogen) atoms. The molecule has 6 nitrogen and oxygen atoms in total. The van der Waals surface area contributed by atoms with Crippen molar-refractivity contribution < 1.29 is 4.74 Å². The zero-order valence-corrected chi connectivity index (χ0v) is 12.6. The summed E-state index contributed by atoms with van der Waals surface area (Å²) in [6.45, 7) is 4.81. The summed E-state index contributed by atoms with van der Waals surface area (Å²) in [5.41, 5.74) is 0. The van der Waals surface area contributed by atoms with Gasteiger partial charge in [0.1, 0.15) is 12.2 Å². The average molecular weight is 297 g/mol. The van der Waals surface area contributed by atoms with Crippen LogP contribution in [0.3, 0.4) is 0 Å². The van der Waals surface area contributed by atoms with Crippen LogP contribution < -0.4 is 10.1 Å². The number of nitrogens with one attached hydrogen (secondary N) is 1. The summed E-state index contributed by atoms with van der Waals surface area (Å²) in [5, 5.41) is 3.89. The molecule has 8 heteroatoms. The Hall–Kier alpha value is -1.41. The van der Waals surface area contributed by atoms with Crippen molar-refractivity contribution in [2.75, 3.05) is 19.0 Å². The monoisotopic (exact) mass is 297 g/mol. The van der Waals surface area contributed by atoms with Gasteiger partial charge in [-0.15, -0.1) is 0 Å². The maximum Gasteiger partial charge on any atom is 0.194 e. The molecule has 2 aromatic rings. The summed E-state index contributed by atoms with van der Waals surface area (Å²) < 4.78 is 10.5. The number of nitrogens with zero attached hydrogens (tertiary/aromatic N) is 4. The van der Waals surface area contributed by atoms with Crippen molar-refractivity contribution >= 4 is 29.1 Å². The average Bonchev–Trinajstić information content (AvgIpc) is 2.87. The number of rotatable bonds is 6. The summed E-state index contributed by atoms with van der Waals surface area (Å²) in [4.78, 5) is 12.8. The maximum atomic E-state index is 5.38. The van der Waals surface area contributed by atoms with Gasteiger partial charge in [0.2, 0.25) is 0 Å². The van der Waals surface area contributed by atoms with Crippen LogP contribution in [-0.4, -0.2) is 33.0 Å². The molecule has 0 saturated heterocycles. The molecule has 1 N–H and O–H groups in total. The van der Waals surface area contributed by atoms with Crippen LogP contribution in [0.5, 0.6) is 5.75 Å². The van der Waals surface area contributed by atoms with Gasteiger partial charge in [-0.2, -0.15) is 4.37 Å². The standard InChI is InChI=1S/C11H15N5OS2/c1-4-7-15-11(19-16-7)18-10-8(17-3)9(12-5-2)13-6-14-10/h6H,4-5H2,1-3H3,(H,12,13,14). The van der Waals surface area contributed by atoms with Crippen molar-refractivity contribution in [1.29, 1.82) is 0 Å². The summed E-state index contributed by atoms with van der Waals surface area (Å²) in [5.74, 6) is 2.19. The number of anilines is 1. The Morgan fingerprint density at radius 2 is 2.21 bits per heavy atom. The first-order valence-electron chi connectivity index (χ1n) is 5.91. The van der Waals surface area contributed by atoms with E-state index in [1.807, 2.05) is 13.8 Å². The topological polar surface area (TPSA) is 72.8 Å². The Bertz CT molecular complexity index is 546. The van der Waals surface area contributed by atoms with Crippen LogP contribution in [0, 0.1) is 0 Å². The van der Waals surface area contributed by atoms with E-state index in [2.05, 4.69) is 24.6 Å². The highest BCUT2D eigenvalue weighted by molar-refractivity contribution is 8.01. The second-order valence-corrected chi connectivity index (χ2v) is 5.51. The van der Waals surface area contributed by atoms with Gasteiger partial charge in [0.15, 0.2) is 20.9 Å². The number of hydrogen-bond acceptors (Lipinski definition) is 8. The highest BCUT2D eigenvalue weighted by Crippen LogP contribution is 2.37. The molecule has 2 rings (SSSR count). The molecule has 0 aliphatic rings. The van der Waals surface area contributed by atoms with Gasteiger partial charge >= 0.3 is 0 Å². The largest absolute Gasteiger partial charge is 0.490 e. The van der Waals surface area contributed by atoms with E-state index in [0.717, 1.165) is 28.2 Å². The minimum Gasteiger partial charge on any atom is -0.490 e. The molecule has 0 saturated carbocycles. The van der Waals surface area contributed by atoms with E-state index in [1.165, 1.54) is 29.6 Å². The van der Waals surface area contributed by atoms with E-state index >= 15 is 0 Å². The molecule has 0 unspecified atom stereocenters. The van der Waals surface area contributed by atoms with E-state index < -0.39 is 0 Å². The van der Waals surface area contributed by atoms with Crippen molar-refractivity contribution in [3.63, 3.8) is 0 Å². The fourth-order valence-corrected chi connectivity index (χ4v) is 3.10. The van der Waals surface area contributed by atoms with Gasteiger partial charge in [0.05, 0.1) is 7.11 Å². The van der Waals surface area contributed by atoms with Crippen LogP contribution in [-0.2, 0) is 6.42 Å². The zero-order chi connectivity index (χ0) is 13.7. The maximum absolute atomic E-state index is 5.38. The number of methoxy groups -OCH3 is 1. The quantitative estimate of drug-likeness (QED) is 0.821. The number of aromatic nitrogens is 4. The molecule has 2 heterocycles. The third kappa shape index (κ3) is 3.32. The SMILES string of the molecule is CCNc1ncnc(Sc2nc(CC)ns2)c1OC. The van der Waals surface area contributed by atoms with Gasteiger partial charge in [-0.3, -0.25) is 0 Å². The predicted octanol–water partition coefficient (Wildman–Crippen LogP) is 2.48. The molecule has 0 fully saturated rings. The molecular formula is C11H15N5OS2. The first-order valence-corrected chi connectivity index (χ1v) is 7.50. The molecular weight excluding hydrogens is 282 g/mol. The normalized spacial score (nSPS) is 10.5. The fraction of sp³-hybridized carbons (Fsp3) is 0.455. The van der Waals surface area contributed by atoms with Crippen molar-refractivity contribution in [3.05, 3.63) is 12.2 Å². The van der Waals surface area contributed by atoms with Crippen molar-refractivity contribution in [1.82, 2.24) is 19.3 Å². The van der Waals surface area contributed by atoms with Gasteiger partial charge in [-0.25, -0.2) is 15.0 Å². The Kier molecular flexibility index (Phi) is 4.92. The number of aryl methyl sites for hydroxylation is 1. The third-order valence-corrected chi connectivity index (χ3v) is 4.04. The van der Waals surface area contributed by atoms with Crippen molar-refractivity contribution in [2.24, 2.45) is 0 Å². The third-order valence-electron chi connectivity index (χ3n) is 2.27. The van der Waals surface area contributed by atoms with Crippen LogP contribution in [0.1, 0.15) is 19.7 Å².